The number of esters is 1. The molecule has 8 N–H and O–H groups in total. The molecule has 0 spiro atoms. The van der Waals surface area contributed by atoms with E-state index < -0.39 is 133 Å². The molecule has 7 aliphatic rings. The molecule has 5 saturated heterocycles. The van der Waals surface area contributed by atoms with Crippen LogP contribution in [0.5, 0.6) is 17.2 Å². The predicted molar refractivity (Wildman–Crippen MR) is 333 cm³/mol. The number of thioether (sulfide) groups is 1. The third-order valence-electron chi connectivity index (χ3n) is 16.4. The fraction of sp³-hybridized carbons (Fsp3) is 0.683. The van der Waals surface area contributed by atoms with Crippen LogP contribution in [0.2, 0.25) is 0 Å². The highest BCUT2D eigenvalue weighted by Gasteiger charge is 2.52. The zero-order chi connectivity index (χ0) is 63.6. The van der Waals surface area contributed by atoms with Gasteiger partial charge in [-0.2, -0.15) is 5.48 Å². The van der Waals surface area contributed by atoms with Gasteiger partial charge in [0.2, 0.25) is 17.2 Å². The van der Waals surface area contributed by atoms with Gasteiger partial charge in [-0.15, -0.1) is 0 Å². The molecule has 0 aromatic heterocycles. The van der Waals surface area contributed by atoms with E-state index in [2.05, 4.69) is 39.8 Å². The van der Waals surface area contributed by atoms with Crippen molar-refractivity contribution in [3.05, 3.63) is 49.6 Å². The monoisotopic (exact) mass is 1400 g/mol. The maximum Gasteiger partial charge on any atom is 0.310 e. The average molecular weight is 1400 g/mol. The first-order valence-corrected chi connectivity index (χ1v) is 33.6. The van der Waals surface area contributed by atoms with Crippen LogP contribution in [-0.4, -0.2) is 230 Å². The molecule has 1 aromatic rings. The molecule has 488 valence electrons. The highest BCUT2D eigenvalue weighted by atomic mass is 127. The normalized spacial score (nSPS) is 36.1. The summed E-state index contributed by atoms with van der Waals surface area (Å²) in [5.41, 5.74) is 1.84. The fourth-order valence-corrected chi connectivity index (χ4v) is 15.9. The summed E-state index contributed by atoms with van der Waals surface area (Å²) in [4.78, 5) is 48.1. The van der Waals surface area contributed by atoms with E-state index in [4.69, 9.17) is 61.7 Å². The Morgan fingerprint density at radius 2 is 1.60 bits per heavy atom. The molecule has 2 aliphatic carbocycles. The lowest BCUT2D eigenvalue weighted by molar-refractivity contribution is -0.336. The Morgan fingerprint density at radius 1 is 0.875 bits per heavy atom. The molecule has 5 fully saturated rings. The third-order valence-corrected chi connectivity index (χ3v) is 21.9. The number of halogens is 1. The lowest BCUT2D eigenvalue weighted by Gasteiger charge is -2.46. The molecule has 19 atom stereocenters. The second-order valence-electron chi connectivity index (χ2n) is 22.1. The van der Waals surface area contributed by atoms with E-state index in [9.17, 15) is 39.9 Å². The van der Waals surface area contributed by atoms with Gasteiger partial charge in [-0.25, -0.2) is 0 Å². The molecule has 0 saturated carbocycles. The largest absolute Gasteiger partial charge is 0.492 e. The summed E-state index contributed by atoms with van der Waals surface area (Å²) >= 11 is 2.84. The van der Waals surface area contributed by atoms with E-state index in [1.54, 1.807) is 62.5 Å². The molecule has 28 heteroatoms. The molecular formula is C60H82IN3O21S3. The molecule has 0 amide bonds. The summed E-state index contributed by atoms with van der Waals surface area (Å²) in [5, 5.41) is 64.4. The molecule has 88 heavy (non-hydrogen) atoms. The van der Waals surface area contributed by atoms with Gasteiger partial charge in [-0.05, 0) is 100 Å². The molecule has 24 nitrogen and oxygen atoms in total. The van der Waals surface area contributed by atoms with Crippen LogP contribution in [0.25, 0.3) is 0 Å². The molecule has 0 radical (unpaired) electrons. The first-order chi connectivity index (χ1) is 42.2. The maximum atomic E-state index is 14.5. The standard InChI is InChI=1S/C60H82IN3O21S3/c1-11-63-36-28-78-42(26-40(36)73-6)83-54-49(69)47(30(3)80-59(54)82-39-16-14-12-13-15-20-60(72)27-38(66)34(24-41(67)74-7)45(39)35(60)19-23-86-88-33-17-21-62-22-18-33)64-85-43-25-37(65)56(32(5)79-43)87-57(71)44-29(2)46(61)52(55(77-10)51(44)75-8)84-58-50(70)53(76-9)48(68)31(4)81-58/h12-13,19,30-33,36-37,39-40,42-43,47-50,53-54,56,58-59,62-65,68-70,72H,11,17-18,21-28H2,1-10H3/b13-12-,35-19+/t30-,31+,32-,36+,37+,39+,40+,42+,43+,47-,48+,49+,50-,53-,54-,56-,58+,59+,60+/m1/s1. The minimum atomic E-state index is -2.02. The van der Waals surface area contributed by atoms with Crippen LogP contribution in [0, 0.1) is 34.2 Å². The van der Waals surface area contributed by atoms with Gasteiger partial charge in [0.1, 0.15) is 36.6 Å². The predicted octanol–water partition coefficient (Wildman–Crippen LogP) is 2.92. The van der Waals surface area contributed by atoms with E-state index in [0.29, 0.717) is 26.7 Å². The number of hydrogen-bond acceptors (Lipinski definition) is 27. The Morgan fingerprint density at radius 3 is 2.28 bits per heavy atom. The van der Waals surface area contributed by atoms with Gasteiger partial charge in [-0.1, -0.05) is 70.0 Å². The number of carbonyl (C=O) groups is 3. The lowest BCUT2D eigenvalue weighted by Crippen LogP contribution is -2.65. The van der Waals surface area contributed by atoms with Gasteiger partial charge in [-0.3, -0.25) is 19.2 Å². The second-order valence-corrected chi connectivity index (χ2v) is 27.1. The zero-order valence-electron chi connectivity index (χ0n) is 50.9. The topological polar surface area (TPSA) is 308 Å². The van der Waals surface area contributed by atoms with Crippen molar-refractivity contribution in [3.63, 3.8) is 0 Å². The number of aliphatic hydroxyl groups is 5. The maximum absolute atomic E-state index is 14.5. The number of allylic oxidation sites excluding steroid dienone is 2. The third kappa shape index (κ3) is 16.4. The summed E-state index contributed by atoms with van der Waals surface area (Å²) in [6, 6.07) is -1.25. The Bertz CT molecular complexity index is 2830. The molecule has 5 heterocycles. The second kappa shape index (κ2) is 32.6. The summed E-state index contributed by atoms with van der Waals surface area (Å²) < 4.78 is 73.1. The zero-order valence-corrected chi connectivity index (χ0v) is 55.5. The fourth-order valence-electron chi connectivity index (χ4n) is 11.6. The number of ether oxygens (including phenoxy) is 12. The van der Waals surface area contributed by atoms with Crippen molar-refractivity contribution in [2.45, 2.75) is 194 Å². The summed E-state index contributed by atoms with van der Waals surface area (Å²) in [5.74, 6) is 11.1. The van der Waals surface area contributed by atoms with Crippen LogP contribution in [0.15, 0.2) is 34.9 Å². The molecule has 2 bridgehead atoms. The number of Topliss-reactive ketones (excluding diaryl/α,β-unsaturated/α-hetero) is 1. The van der Waals surface area contributed by atoms with Gasteiger partial charge in [0.05, 0.1) is 97.8 Å². The molecule has 0 unspecified atom stereocenters. The van der Waals surface area contributed by atoms with E-state index in [1.165, 1.54) is 40.6 Å². The van der Waals surface area contributed by atoms with E-state index >= 15 is 0 Å². The number of methoxy groups -OCH3 is 5. The number of aliphatic hydroxyl groups excluding tert-OH is 4. The van der Waals surface area contributed by atoms with Crippen molar-refractivity contribution in [3.8, 4) is 40.9 Å². The van der Waals surface area contributed by atoms with Crippen LogP contribution >= 0.6 is 55.9 Å². The number of benzene rings is 1. The van der Waals surface area contributed by atoms with Crippen LogP contribution in [-0.2, 0) is 57.1 Å². The first kappa shape index (κ1) is 70.7. The van der Waals surface area contributed by atoms with Gasteiger partial charge in [0.15, 0.2) is 41.8 Å². The van der Waals surface area contributed by atoms with Crippen molar-refractivity contribution in [1.82, 2.24) is 16.1 Å². The summed E-state index contributed by atoms with van der Waals surface area (Å²) in [6.07, 6.45) is -10.9. The van der Waals surface area contributed by atoms with Gasteiger partial charge >= 0.3 is 5.97 Å². The van der Waals surface area contributed by atoms with E-state index in [1.807, 2.05) is 29.5 Å². The van der Waals surface area contributed by atoms with Crippen LogP contribution < -0.4 is 30.3 Å². The highest BCUT2D eigenvalue weighted by molar-refractivity contribution is 14.1. The number of fused-ring (bicyclic) bond motifs is 2. The number of carbonyl (C=O) groups excluding carboxylic acids is 3. The van der Waals surface area contributed by atoms with E-state index in [-0.39, 0.29) is 71.1 Å². The van der Waals surface area contributed by atoms with Crippen molar-refractivity contribution in [2.75, 3.05) is 67.5 Å². The number of nitrogens with one attached hydrogen (secondary N) is 3. The van der Waals surface area contributed by atoms with Crippen molar-refractivity contribution >= 4 is 72.8 Å². The van der Waals surface area contributed by atoms with Crippen molar-refractivity contribution in [2.24, 2.45) is 0 Å². The average Bonchev–Trinajstić information content (AvgIpc) is 2.97. The molecular weight excluding hydrogens is 1320 g/mol. The van der Waals surface area contributed by atoms with Crippen LogP contribution in [0.1, 0.15) is 82.1 Å². The minimum Gasteiger partial charge on any atom is -0.492 e. The van der Waals surface area contributed by atoms with E-state index in [0.717, 1.165) is 37.7 Å². The number of hydroxylamine groups is 1. The van der Waals surface area contributed by atoms with Crippen molar-refractivity contribution in [1.29, 1.82) is 0 Å². The Kier molecular flexibility index (Phi) is 26.2. The van der Waals surface area contributed by atoms with Crippen LogP contribution in [0.4, 0.5) is 0 Å². The SMILES string of the molecule is CCN[C@H]1CO[C@@H](O[C@H]2[C@H](O[C@H]3C#C/C=C\C#C[C@]4(O)CC(=O)C(CC(=O)OC)=C3/C4=C\CSSC3CCNCC3)O[C@H](C)[C@@H](NO[C@H]3C[C@H](O)[C@H](SC(=O)c4c(C)c(I)c(O[C@@H]5O[C@@H](C)[C@H](O)[C@@H](OC)[C@H]5O)c(OC)c4OC)[C@@H](C)O3)[C@@H]2O)C[C@@H]1OC. The Labute approximate surface area is 539 Å². The highest BCUT2D eigenvalue weighted by Crippen LogP contribution is 2.49. The number of rotatable bonds is 23. The number of ketones is 1. The molecule has 1 aromatic carbocycles. The number of piperidine rings is 1. The lowest BCUT2D eigenvalue weighted by atomic mass is 9.72. The number of likely N-dealkylation sites (N-methyl/N-ethyl adjacent to an activating group) is 1. The first-order valence-electron chi connectivity index (χ1n) is 29.3. The molecule has 5 aliphatic heterocycles. The molecule has 8 rings (SSSR count). The smallest absolute Gasteiger partial charge is 0.310 e. The van der Waals surface area contributed by atoms with Gasteiger partial charge in [0.25, 0.3) is 0 Å². The van der Waals surface area contributed by atoms with Crippen LogP contribution in [0.3, 0.4) is 0 Å². The minimum absolute atomic E-state index is 0.0117. The Balaban J connectivity index is 1.02. The number of hydrogen-bond donors (Lipinski definition) is 8. The van der Waals surface area contributed by atoms with Gasteiger partial charge < -0.3 is 93.0 Å². The van der Waals surface area contributed by atoms with Crippen molar-refractivity contribution < 1.29 is 102 Å². The summed E-state index contributed by atoms with van der Waals surface area (Å²) in [6.45, 7) is 11.3. The summed E-state index contributed by atoms with van der Waals surface area (Å²) in [7, 11) is 10.2. The van der Waals surface area contributed by atoms with Gasteiger partial charge in [0, 0.05) is 54.8 Å². The Hall–Kier alpha value is -3.13. The quantitative estimate of drug-likeness (QED) is 0.0195.